The Kier molecular flexibility index (Phi) is 5.57. The standard InChI is InChI=1S/C18H12ClF4N3O4/c1-8(24-17(28)29)15-25-13-4-2-3-12(19)14(13)16(27)26(15)10-5-9(20)6-11(7-10)30-18(21,22)23/h2-8,24H,1H3,(H,28,29). The number of ether oxygens (including phenoxy) is 1. The fraction of sp³-hybridized carbons (Fsp3) is 0.167. The van der Waals surface area contributed by atoms with Crippen molar-refractivity contribution in [1.82, 2.24) is 14.9 Å². The fourth-order valence-electron chi connectivity index (χ4n) is 2.87. The van der Waals surface area contributed by atoms with Crippen molar-refractivity contribution in [3.05, 3.63) is 63.4 Å². The Labute approximate surface area is 170 Å². The van der Waals surface area contributed by atoms with Crippen molar-refractivity contribution in [1.29, 1.82) is 0 Å². The summed E-state index contributed by atoms with van der Waals surface area (Å²) in [6, 6.07) is 5.33. The number of nitrogens with one attached hydrogen (secondary N) is 1. The van der Waals surface area contributed by atoms with Gasteiger partial charge in [0.15, 0.2) is 0 Å². The maximum atomic E-state index is 14.0. The van der Waals surface area contributed by atoms with Gasteiger partial charge in [-0.1, -0.05) is 17.7 Å². The molecule has 2 N–H and O–H groups in total. The summed E-state index contributed by atoms with van der Waals surface area (Å²) >= 11 is 6.08. The first-order valence-electron chi connectivity index (χ1n) is 8.23. The molecule has 0 aliphatic carbocycles. The molecule has 0 saturated heterocycles. The minimum absolute atomic E-state index is 0.00677. The first kappa shape index (κ1) is 21.4. The average molecular weight is 446 g/mol. The molecule has 1 amide bonds. The van der Waals surface area contributed by atoms with Crippen molar-refractivity contribution in [3.8, 4) is 11.4 Å². The molecule has 0 fully saturated rings. The molecule has 12 heteroatoms. The average Bonchev–Trinajstić information content (AvgIpc) is 2.58. The predicted molar refractivity (Wildman–Crippen MR) is 98.6 cm³/mol. The molecule has 1 aromatic heterocycles. The number of alkyl halides is 3. The molecule has 3 aromatic rings. The van der Waals surface area contributed by atoms with Crippen molar-refractivity contribution in [2.24, 2.45) is 0 Å². The van der Waals surface area contributed by atoms with E-state index in [0.29, 0.717) is 6.07 Å². The van der Waals surface area contributed by atoms with Crippen LogP contribution in [-0.2, 0) is 0 Å². The molecule has 3 rings (SSSR count). The Morgan fingerprint density at radius 3 is 2.63 bits per heavy atom. The predicted octanol–water partition coefficient (Wildman–Crippen LogP) is 4.41. The summed E-state index contributed by atoms with van der Waals surface area (Å²) < 4.78 is 56.3. The number of carboxylic acid groups (broad SMARTS) is 1. The Bertz CT molecular complexity index is 1200. The molecule has 0 aliphatic rings. The van der Waals surface area contributed by atoms with Gasteiger partial charge < -0.3 is 15.2 Å². The van der Waals surface area contributed by atoms with Crippen LogP contribution in [0.4, 0.5) is 22.4 Å². The van der Waals surface area contributed by atoms with E-state index >= 15 is 0 Å². The zero-order chi connectivity index (χ0) is 22.2. The molecular weight excluding hydrogens is 434 g/mol. The third-order valence-electron chi connectivity index (χ3n) is 3.95. The highest BCUT2D eigenvalue weighted by Crippen LogP contribution is 2.28. The van der Waals surface area contributed by atoms with Crippen LogP contribution in [0.2, 0.25) is 5.02 Å². The quantitative estimate of drug-likeness (QED) is 0.580. The molecule has 2 aromatic carbocycles. The lowest BCUT2D eigenvalue weighted by Gasteiger charge is -2.19. The molecular formula is C18H12ClF4N3O4. The Morgan fingerprint density at radius 1 is 1.30 bits per heavy atom. The van der Waals surface area contributed by atoms with E-state index in [0.717, 1.165) is 16.7 Å². The Hall–Kier alpha value is -3.34. The molecule has 1 unspecified atom stereocenters. The Balaban J connectivity index is 2.33. The first-order chi connectivity index (χ1) is 14.0. The summed E-state index contributed by atoms with van der Waals surface area (Å²) in [5.74, 6) is -2.23. The van der Waals surface area contributed by atoms with Crippen molar-refractivity contribution in [2.45, 2.75) is 19.3 Å². The maximum Gasteiger partial charge on any atom is 0.573 e. The van der Waals surface area contributed by atoms with E-state index in [1.54, 1.807) is 0 Å². The number of hydrogen-bond donors (Lipinski definition) is 2. The summed E-state index contributed by atoms with van der Waals surface area (Å²) in [7, 11) is 0. The second-order valence-electron chi connectivity index (χ2n) is 6.11. The molecule has 0 saturated carbocycles. The number of rotatable bonds is 4. The van der Waals surface area contributed by atoms with E-state index in [2.05, 4.69) is 15.0 Å². The van der Waals surface area contributed by atoms with Gasteiger partial charge in [-0.05, 0) is 25.1 Å². The van der Waals surface area contributed by atoms with Gasteiger partial charge in [0, 0.05) is 12.1 Å². The maximum absolute atomic E-state index is 14.0. The van der Waals surface area contributed by atoms with Crippen LogP contribution in [0.15, 0.2) is 41.2 Å². The van der Waals surface area contributed by atoms with Crippen LogP contribution < -0.4 is 15.6 Å². The highest BCUT2D eigenvalue weighted by Gasteiger charge is 2.32. The third kappa shape index (κ3) is 4.46. The lowest BCUT2D eigenvalue weighted by molar-refractivity contribution is -0.274. The van der Waals surface area contributed by atoms with Gasteiger partial charge in [0.05, 0.1) is 27.7 Å². The van der Waals surface area contributed by atoms with Gasteiger partial charge in [-0.15, -0.1) is 13.2 Å². The van der Waals surface area contributed by atoms with Crippen molar-refractivity contribution >= 4 is 28.6 Å². The smallest absolute Gasteiger partial charge is 0.465 e. The highest BCUT2D eigenvalue weighted by molar-refractivity contribution is 6.35. The number of nitrogens with zero attached hydrogens (tertiary/aromatic N) is 2. The van der Waals surface area contributed by atoms with Gasteiger partial charge in [-0.2, -0.15) is 0 Å². The normalized spacial score (nSPS) is 12.6. The number of fused-ring (bicyclic) bond motifs is 1. The molecule has 0 radical (unpaired) electrons. The van der Waals surface area contributed by atoms with E-state index in [1.165, 1.54) is 25.1 Å². The summed E-state index contributed by atoms with van der Waals surface area (Å²) in [5.41, 5.74) is -1.06. The third-order valence-corrected chi connectivity index (χ3v) is 4.26. The van der Waals surface area contributed by atoms with Gasteiger partial charge in [-0.3, -0.25) is 9.36 Å². The van der Waals surface area contributed by atoms with Gasteiger partial charge in [0.2, 0.25) is 0 Å². The van der Waals surface area contributed by atoms with Crippen LogP contribution >= 0.6 is 11.6 Å². The monoisotopic (exact) mass is 445 g/mol. The molecule has 1 heterocycles. The second kappa shape index (κ2) is 7.82. The number of aromatic nitrogens is 2. The summed E-state index contributed by atoms with van der Waals surface area (Å²) in [4.78, 5) is 28.4. The van der Waals surface area contributed by atoms with Crippen molar-refractivity contribution < 1.29 is 32.2 Å². The number of carbonyl (C=O) groups is 1. The SMILES string of the molecule is CC(NC(=O)O)c1nc2cccc(Cl)c2c(=O)n1-c1cc(F)cc(OC(F)(F)F)c1. The van der Waals surface area contributed by atoms with E-state index in [-0.39, 0.29) is 27.4 Å². The number of amides is 1. The van der Waals surface area contributed by atoms with Gasteiger partial charge >= 0.3 is 12.5 Å². The van der Waals surface area contributed by atoms with E-state index in [1.807, 2.05) is 0 Å². The largest absolute Gasteiger partial charge is 0.573 e. The minimum Gasteiger partial charge on any atom is -0.465 e. The van der Waals surface area contributed by atoms with Gasteiger partial charge in [0.25, 0.3) is 5.56 Å². The molecule has 1 atom stereocenters. The number of benzene rings is 2. The zero-order valence-electron chi connectivity index (χ0n) is 15.0. The Morgan fingerprint density at radius 2 is 2.00 bits per heavy atom. The summed E-state index contributed by atoms with van der Waals surface area (Å²) in [5, 5.41) is 11.0. The van der Waals surface area contributed by atoms with E-state index in [4.69, 9.17) is 16.7 Å². The second-order valence-corrected chi connectivity index (χ2v) is 6.52. The zero-order valence-corrected chi connectivity index (χ0v) is 15.8. The van der Waals surface area contributed by atoms with Crippen molar-refractivity contribution in [2.75, 3.05) is 0 Å². The van der Waals surface area contributed by atoms with Gasteiger partial charge in [-0.25, -0.2) is 14.2 Å². The molecule has 0 bridgehead atoms. The van der Waals surface area contributed by atoms with E-state index < -0.39 is 35.6 Å². The van der Waals surface area contributed by atoms with Crippen LogP contribution in [-0.4, -0.2) is 27.1 Å². The van der Waals surface area contributed by atoms with Crippen LogP contribution in [0, 0.1) is 5.82 Å². The van der Waals surface area contributed by atoms with Gasteiger partial charge in [0.1, 0.15) is 17.4 Å². The first-order valence-corrected chi connectivity index (χ1v) is 8.61. The van der Waals surface area contributed by atoms with Crippen LogP contribution in [0.3, 0.4) is 0 Å². The van der Waals surface area contributed by atoms with Crippen LogP contribution in [0.1, 0.15) is 18.8 Å². The highest BCUT2D eigenvalue weighted by atomic mass is 35.5. The fourth-order valence-corrected chi connectivity index (χ4v) is 3.12. The lowest BCUT2D eigenvalue weighted by Crippen LogP contribution is -2.32. The van der Waals surface area contributed by atoms with E-state index in [9.17, 15) is 27.2 Å². The molecule has 0 spiro atoms. The lowest BCUT2D eigenvalue weighted by atomic mass is 10.2. The molecule has 158 valence electrons. The topological polar surface area (TPSA) is 93.5 Å². The van der Waals surface area contributed by atoms with Crippen LogP contribution in [0.25, 0.3) is 16.6 Å². The molecule has 30 heavy (non-hydrogen) atoms. The van der Waals surface area contributed by atoms with Crippen LogP contribution in [0.5, 0.6) is 5.75 Å². The summed E-state index contributed by atoms with van der Waals surface area (Å²) in [6.45, 7) is 1.36. The molecule has 0 aliphatic heterocycles. The summed E-state index contributed by atoms with van der Waals surface area (Å²) in [6.07, 6.45) is -6.53. The number of halogens is 5. The molecule has 7 nitrogen and oxygen atoms in total. The minimum atomic E-state index is -5.10. The number of hydrogen-bond acceptors (Lipinski definition) is 4. The van der Waals surface area contributed by atoms with Crippen molar-refractivity contribution in [3.63, 3.8) is 0 Å².